The molecule has 1 fully saturated rings. The molecule has 28 heavy (non-hydrogen) atoms. The lowest BCUT2D eigenvalue weighted by molar-refractivity contribution is -0.925. The number of thiazole rings is 1. The summed E-state index contributed by atoms with van der Waals surface area (Å²) in [4.78, 5) is 29.8. The number of anilines is 1. The van der Waals surface area contributed by atoms with Crippen molar-refractivity contribution in [2.75, 3.05) is 24.7 Å². The Labute approximate surface area is 172 Å². The summed E-state index contributed by atoms with van der Waals surface area (Å²) in [6.45, 7) is 7.74. The Morgan fingerprint density at radius 2 is 2.11 bits per heavy atom. The van der Waals surface area contributed by atoms with Crippen molar-refractivity contribution >= 4 is 39.8 Å². The quantitative estimate of drug-likeness (QED) is 0.425. The number of nitro groups is 1. The Morgan fingerprint density at radius 3 is 2.75 bits per heavy atom. The minimum Gasteiger partial charge on any atom is -0.329 e. The van der Waals surface area contributed by atoms with Crippen LogP contribution >= 0.6 is 23.1 Å². The van der Waals surface area contributed by atoms with Gasteiger partial charge >= 0.3 is 0 Å². The van der Waals surface area contributed by atoms with E-state index in [-0.39, 0.29) is 17.2 Å². The molecule has 2 aromatic rings. The molecule has 0 aliphatic carbocycles. The Hall–Kier alpha value is -1.97. The number of hydrogen-bond donors (Lipinski definition) is 2. The van der Waals surface area contributed by atoms with Gasteiger partial charge < -0.3 is 4.90 Å². The molecule has 2 atom stereocenters. The lowest BCUT2D eigenvalue weighted by Crippen LogP contribution is -3.13. The zero-order valence-corrected chi connectivity index (χ0v) is 17.9. The molecule has 1 saturated heterocycles. The van der Waals surface area contributed by atoms with E-state index in [2.05, 4.69) is 24.1 Å². The van der Waals surface area contributed by atoms with Gasteiger partial charge in [0.15, 0.2) is 5.13 Å². The van der Waals surface area contributed by atoms with Gasteiger partial charge in [-0.05, 0) is 24.8 Å². The summed E-state index contributed by atoms with van der Waals surface area (Å²) in [5.41, 5.74) is 1.17. The minimum absolute atomic E-state index is 0.0584. The number of nitrogens with one attached hydrogen (secondary N) is 2. The number of quaternary nitrogens is 1. The van der Waals surface area contributed by atoms with E-state index in [1.165, 1.54) is 40.5 Å². The number of hydrogen-bond acceptors (Lipinski definition) is 6. The van der Waals surface area contributed by atoms with Crippen LogP contribution in [0, 0.1) is 22.0 Å². The number of piperidine rings is 1. The Balaban J connectivity index is 1.65. The average molecular weight is 422 g/mol. The van der Waals surface area contributed by atoms with Crippen molar-refractivity contribution in [1.29, 1.82) is 0 Å². The van der Waals surface area contributed by atoms with Gasteiger partial charge in [-0.2, -0.15) is 0 Å². The minimum atomic E-state index is -0.465. The summed E-state index contributed by atoms with van der Waals surface area (Å²) in [5.74, 6) is 1.05. The van der Waals surface area contributed by atoms with Gasteiger partial charge in [0.05, 0.1) is 22.9 Å². The standard InChI is InChI=1S/C19H24N4O3S2/c1-12-6-13(2)9-22(8-12)10-15-11-28-19(20-15)21-18(24)14-4-5-17(27-3)16(7-14)23(25)26/h4-5,7,11-13H,6,8-10H2,1-3H3,(H,20,21,24)/p+1. The number of benzene rings is 1. The van der Waals surface area contributed by atoms with E-state index in [4.69, 9.17) is 0 Å². The zero-order valence-electron chi connectivity index (χ0n) is 16.2. The lowest BCUT2D eigenvalue weighted by atomic mass is 9.92. The zero-order chi connectivity index (χ0) is 20.3. The fourth-order valence-electron chi connectivity index (χ4n) is 3.91. The van der Waals surface area contributed by atoms with Crippen LogP contribution in [-0.2, 0) is 6.54 Å². The molecule has 0 saturated carbocycles. The van der Waals surface area contributed by atoms with Gasteiger partial charge in [0, 0.05) is 28.8 Å². The number of likely N-dealkylation sites (tertiary alicyclic amines) is 1. The topological polar surface area (TPSA) is 89.6 Å². The van der Waals surface area contributed by atoms with Crippen LogP contribution in [0.25, 0.3) is 0 Å². The number of amides is 1. The molecule has 2 N–H and O–H groups in total. The molecule has 0 spiro atoms. The average Bonchev–Trinajstić information content (AvgIpc) is 3.06. The Bertz CT molecular complexity index is 861. The highest BCUT2D eigenvalue weighted by molar-refractivity contribution is 7.98. The van der Waals surface area contributed by atoms with E-state index in [0.29, 0.717) is 10.0 Å². The third-order valence-corrected chi connectivity index (χ3v) is 6.51. The predicted molar refractivity (Wildman–Crippen MR) is 112 cm³/mol. The number of nitrogens with zero attached hydrogens (tertiary/aromatic N) is 2. The van der Waals surface area contributed by atoms with Crippen molar-refractivity contribution < 1.29 is 14.6 Å². The van der Waals surface area contributed by atoms with E-state index in [0.717, 1.165) is 37.2 Å². The molecular weight excluding hydrogens is 396 g/mol. The number of thioether (sulfide) groups is 1. The van der Waals surface area contributed by atoms with Crippen LogP contribution in [-0.4, -0.2) is 35.2 Å². The van der Waals surface area contributed by atoms with Crippen LogP contribution in [0.1, 0.15) is 36.3 Å². The fraction of sp³-hybridized carbons (Fsp3) is 0.474. The third kappa shape index (κ3) is 5.09. The van der Waals surface area contributed by atoms with E-state index >= 15 is 0 Å². The Morgan fingerprint density at radius 1 is 1.39 bits per heavy atom. The normalized spacial score (nSPS) is 22.0. The first-order valence-corrected chi connectivity index (χ1v) is 11.4. The number of nitro benzene ring substituents is 1. The van der Waals surface area contributed by atoms with Crippen molar-refractivity contribution in [3.05, 3.63) is 45.0 Å². The van der Waals surface area contributed by atoms with Gasteiger partial charge in [-0.25, -0.2) is 4.98 Å². The third-order valence-electron chi connectivity index (χ3n) is 4.92. The molecule has 150 valence electrons. The van der Waals surface area contributed by atoms with Gasteiger partial charge in [-0.1, -0.05) is 13.8 Å². The molecule has 1 aliphatic rings. The summed E-state index contributed by atoms with van der Waals surface area (Å²) in [5, 5.41) is 16.5. The molecule has 1 aliphatic heterocycles. The van der Waals surface area contributed by atoms with Crippen LogP contribution in [0.4, 0.5) is 10.8 Å². The molecule has 0 bridgehead atoms. The van der Waals surface area contributed by atoms with Gasteiger partial charge in [0.1, 0.15) is 12.2 Å². The second kappa shape index (κ2) is 9.02. The maximum atomic E-state index is 12.5. The number of carbonyl (C=O) groups is 1. The SMILES string of the molecule is CSc1ccc(C(=O)Nc2nc(C[NH+]3CC(C)CC(C)C3)cs2)cc1[N+](=O)[O-]. The summed E-state index contributed by atoms with van der Waals surface area (Å²) in [7, 11) is 0. The van der Waals surface area contributed by atoms with Gasteiger partial charge in [-0.15, -0.1) is 23.1 Å². The van der Waals surface area contributed by atoms with Gasteiger partial charge in [0.2, 0.25) is 0 Å². The molecule has 1 aromatic carbocycles. The van der Waals surface area contributed by atoms with Crippen LogP contribution in [0.5, 0.6) is 0 Å². The largest absolute Gasteiger partial charge is 0.329 e. The first-order chi connectivity index (χ1) is 13.4. The van der Waals surface area contributed by atoms with E-state index in [9.17, 15) is 14.9 Å². The van der Waals surface area contributed by atoms with Crippen molar-refractivity contribution in [2.24, 2.45) is 11.8 Å². The second-order valence-electron chi connectivity index (χ2n) is 7.52. The van der Waals surface area contributed by atoms with Gasteiger partial charge in [-0.3, -0.25) is 20.2 Å². The number of rotatable bonds is 6. The molecule has 2 heterocycles. The molecule has 7 nitrogen and oxygen atoms in total. The summed E-state index contributed by atoms with van der Waals surface area (Å²) < 4.78 is 0. The van der Waals surface area contributed by atoms with Crippen LogP contribution in [0.3, 0.4) is 0 Å². The first-order valence-electron chi connectivity index (χ1n) is 9.27. The van der Waals surface area contributed by atoms with Crippen molar-refractivity contribution in [3.63, 3.8) is 0 Å². The van der Waals surface area contributed by atoms with Crippen molar-refractivity contribution in [2.45, 2.75) is 31.7 Å². The summed E-state index contributed by atoms with van der Waals surface area (Å²) >= 11 is 2.67. The highest BCUT2D eigenvalue weighted by atomic mass is 32.2. The number of aromatic nitrogens is 1. The lowest BCUT2D eigenvalue weighted by Gasteiger charge is -2.31. The smallest absolute Gasteiger partial charge is 0.283 e. The molecule has 1 amide bonds. The Kier molecular flexibility index (Phi) is 6.69. The van der Waals surface area contributed by atoms with Crippen LogP contribution in [0.15, 0.2) is 28.5 Å². The molecule has 9 heteroatoms. The van der Waals surface area contributed by atoms with Crippen molar-refractivity contribution in [3.8, 4) is 0 Å². The molecule has 2 unspecified atom stereocenters. The first kappa shape index (κ1) is 20.8. The maximum absolute atomic E-state index is 12.5. The fourth-order valence-corrected chi connectivity index (χ4v) is 5.16. The monoisotopic (exact) mass is 421 g/mol. The van der Waals surface area contributed by atoms with E-state index in [1.807, 2.05) is 5.38 Å². The van der Waals surface area contributed by atoms with E-state index in [1.54, 1.807) is 18.4 Å². The molecule has 1 aromatic heterocycles. The highest BCUT2D eigenvalue weighted by Gasteiger charge is 2.26. The number of carbonyl (C=O) groups excluding carboxylic acids is 1. The summed E-state index contributed by atoms with van der Waals surface area (Å²) in [6, 6.07) is 4.52. The molecule has 3 rings (SSSR count). The highest BCUT2D eigenvalue weighted by Crippen LogP contribution is 2.28. The second-order valence-corrected chi connectivity index (χ2v) is 9.23. The molecule has 0 radical (unpaired) electrons. The predicted octanol–water partition coefficient (Wildman–Crippen LogP) is 3.09. The maximum Gasteiger partial charge on any atom is 0.283 e. The van der Waals surface area contributed by atoms with Crippen LogP contribution in [0.2, 0.25) is 0 Å². The van der Waals surface area contributed by atoms with Gasteiger partial charge in [0.25, 0.3) is 11.6 Å². The van der Waals surface area contributed by atoms with E-state index < -0.39 is 4.92 Å². The van der Waals surface area contributed by atoms with Crippen molar-refractivity contribution in [1.82, 2.24) is 4.98 Å². The molecular formula is C19H25N4O3S2+. The van der Waals surface area contributed by atoms with Crippen LogP contribution < -0.4 is 10.2 Å². The summed E-state index contributed by atoms with van der Waals surface area (Å²) in [6.07, 6.45) is 3.05.